The summed E-state index contributed by atoms with van der Waals surface area (Å²) >= 11 is 0. The van der Waals surface area contributed by atoms with Crippen LogP contribution in [0.3, 0.4) is 0 Å². The predicted octanol–water partition coefficient (Wildman–Crippen LogP) is -0.656. The Hall–Kier alpha value is -0.0951. The van der Waals surface area contributed by atoms with Gasteiger partial charge in [0.15, 0.2) is 0 Å². The SMILES string of the molecule is CCCNCCC.OB(O)O. The highest BCUT2D eigenvalue weighted by Crippen LogP contribution is 1.71. The first kappa shape index (κ1) is 13.5. The predicted molar refractivity (Wildman–Crippen MR) is 45.9 cm³/mol. The van der Waals surface area contributed by atoms with Crippen molar-refractivity contribution in [1.29, 1.82) is 0 Å². The van der Waals surface area contributed by atoms with Gasteiger partial charge in [0.2, 0.25) is 0 Å². The second kappa shape index (κ2) is 12.6. The smallest absolute Gasteiger partial charge is 0.402 e. The minimum atomic E-state index is -2.17. The average Bonchev–Trinajstić information content (AvgIpc) is 1.88. The first-order valence-corrected chi connectivity index (χ1v) is 3.90. The van der Waals surface area contributed by atoms with E-state index in [1.54, 1.807) is 0 Å². The fourth-order valence-corrected chi connectivity index (χ4v) is 0.479. The van der Waals surface area contributed by atoms with E-state index in [1.807, 2.05) is 0 Å². The lowest BCUT2D eigenvalue weighted by molar-refractivity contribution is 0.278. The molecule has 0 spiro atoms. The van der Waals surface area contributed by atoms with Crippen LogP contribution in [0, 0.1) is 0 Å². The number of hydrogen-bond acceptors (Lipinski definition) is 4. The fraction of sp³-hybridized carbons (Fsp3) is 1.00. The zero-order valence-corrected chi connectivity index (χ0v) is 7.25. The van der Waals surface area contributed by atoms with Crippen LogP contribution in [0.2, 0.25) is 0 Å². The molecule has 11 heavy (non-hydrogen) atoms. The monoisotopic (exact) mass is 163 g/mol. The van der Waals surface area contributed by atoms with Crippen LogP contribution in [0.4, 0.5) is 0 Å². The Morgan fingerprint density at radius 3 is 1.45 bits per heavy atom. The molecule has 0 unspecified atom stereocenters. The summed E-state index contributed by atoms with van der Waals surface area (Å²) in [5, 5.41) is 24.8. The van der Waals surface area contributed by atoms with Crippen LogP contribution in [0.25, 0.3) is 0 Å². The maximum atomic E-state index is 7.17. The van der Waals surface area contributed by atoms with Crippen molar-refractivity contribution in [1.82, 2.24) is 5.32 Å². The molecule has 0 saturated carbocycles. The van der Waals surface area contributed by atoms with E-state index in [2.05, 4.69) is 19.2 Å². The summed E-state index contributed by atoms with van der Waals surface area (Å²) in [7, 11) is -2.17. The number of hydrogen-bond donors (Lipinski definition) is 4. The summed E-state index contributed by atoms with van der Waals surface area (Å²) in [6.07, 6.45) is 2.50. The molecular weight excluding hydrogens is 145 g/mol. The summed E-state index contributed by atoms with van der Waals surface area (Å²) in [6, 6.07) is 0. The Morgan fingerprint density at radius 1 is 1.00 bits per heavy atom. The molecule has 0 aromatic rings. The Morgan fingerprint density at radius 2 is 1.27 bits per heavy atom. The van der Waals surface area contributed by atoms with E-state index in [4.69, 9.17) is 15.1 Å². The molecule has 0 bridgehead atoms. The molecule has 68 valence electrons. The van der Waals surface area contributed by atoms with Gasteiger partial charge in [-0.05, 0) is 25.9 Å². The highest BCUT2D eigenvalue weighted by molar-refractivity contribution is 6.30. The second-order valence-electron chi connectivity index (χ2n) is 2.10. The minimum absolute atomic E-state index is 1.17. The van der Waals surface area contributed by atoms with Crippen LogP contribution in [-0.4, -0.2) is 35.5 Å². The molecule has 0 aliphatic rings. The third-order valence-electron chi connectivity index (χ3n) is 0.854. The molecular formula is C6H18BNO3. The molecule has 0 aromatic carbocycles. The molecule has 4 nitrogen and oxygen atoms in total. The van der Waals surface area contributed by atoms with Crippen LogP contribution in [0.1, 0.15) is 26.7 Å². The first-order chi connectivity index (χ1) is 5.15. The van der Waals surface area contributed by atoms with Crippen molar-refractivity contribution in [3.63, 3.8) is 0 Å². The molecule has 0 saturated heterocycles. The quantitative estimate of drug-likeness (QED) is 0.328. The standard InChI is InChI=1S/C6H15N.BH3O3/c1-3-5-7-6-4-2;2-1(3)4/h7H,3-6H2,1-2H3;2-4H. The van der Waals surface area contributed by atoms with Gasteiger partial charge in [-0.3, -0.25) is 0 Å². The van der Waals surface area contributed by atoms with Gasteiger partial charge in [0.25, 0.3) is 0 Å². The Bertz CT molecular complexity index is 57.0. The molecule has 4 N–H and O–H groups in total. The van der Waals surface area contributed by atoms with E-state index < -0.39 is 7.32 Å². The van der Waals surface area contributed by atoms with Crippen LogP contribution >= 0.6 is 0 Å². The zero-order valence-electron chi connectivity index (χ0n) is 7.25. The second-order valence-corrected chi connectivity index (χ2v) is 2.10. The summed E-state index contributed by atoms with van der Waals surface area (Å²) in [5.41, 5.74) is 0. The molecule has 0 amide bonds. The lowest BCUT2D eigenvalue weighted by atomic mass is 10.3. The zero-order chi connectivity index (χ0) is 9.11. The lowest BCUT2D eigenvalue weighted by Gasteiger charge is -1.95. The minimum Gasteiger partial charge on any atom is -0.402 e. The molecule has 5 heteroatoms. The number of nitrogens with one attached hydrogen (secondary N) is 1. The van der Waals surface area contributed by atoms with Crippen molar-refractivity contribution < 1.29 is 15.1 Å². The number of rotatable bonds is 4. The van der Waals surface area contributed by atoms with Gasteiger partial charge in [-0.15, -0.1) is 0 Å². The third kappa shape index (κ3) is 40.6. The van der Waals surface area contributed by atoms with Crippen molar-refractivity contribution in [2.75, 3.05) is 13.1 Å². The summed E-state index contributed by atoms with van der Waals surface area (Å²) in [4.78, 5) is 0. The first-order valence-electron chi connectivity index (χ1n) is 3.90. The lowest BCUT2D eigenvalue weighted by Crippen LogP contribution is -2.14. The molecule has 0 radical (unpaired) electrons. The van der Waals surface area contributed by atoms with E-state index >= 15 is 0 Å². The maximum absolute atomic E-state index is 7.17. The summed E-state index contributed by atoms with van der Waals surface area (Å²) in [5.74, 6) is 0. The Kier molecular flexibility index (Phi) is 15.4. The van der Waals surface area contributed by atoms with Crippen LogP contribution < -0.4 is 5.32 Å². The van der Waals surface area contributed by atoms with E-state index in [0.29, 0.717) is 0 Å². The van der Waals surface area contributed by atoms with Crippen LogP contribution in [-0.2, 0) is 0 Å². The molecule has 0 heterocycles. The highest BCUT2D eigenvalue weighted by Gasteiger charge is 1.92. The maximum Gasteiger partial charge on any atom is 0.631 e. The van der Waals surface area contributed by atoms with Gasteiger partial charge in [0.05, 0.1) is 0 Å². The largest absolute Gasteiger partial charge is 0.631 e. The molecule has 0 fully saturated rings. The van der Waals surface area contributed by atoms with E-state index in [1.165, 1.54) is 25.9 Å². The molecule has 0 rings (SSSR count). The van der Waals surface area contributed by atoms with Crippen LogP contribution in [0.15, 0.2) is 0 Å². The van der Waals surface area contributed by atoms with Crippen LogP contribution in [0.5, 0.6) is 0 Å². The van der Waals surface area contributed by atoms with Crippen molar-refractivity contribution in [3.05, 3.63) is 0 Å². The fourth-order valence-electron chi connectivity index (χ4n) is 0.479. The van der Waals surface area contributed by atoms with E-state index in [0.717, 1.165) is 0 Å². The molecule has 0 aliphatic carbocycles. The van der Waals surface area contributed by atoms with Gasteiger partial charge < -0.3 is 20.4 Å². The van der Waals surface area contributed by atoms with Crippen molar-refractivity contribution in [3.8, 4) is 0 Å². The highest BCUT2D eigenvalue weighted by atomic mass is 16.5. The Balaban J connectivity index is 0. The van der Waals surface area contributed by atoms with Gasteiger partial charge in [0, 0.05) is 0 Å². The third-order valence-corrected chi connectivity index (χ3v) is 0.854. The van der Waals surface area contributed by atoms with Gasteiger partial charge >= 0.3 is 7.32 Å². The average molecular weight is 163 g/mol. The van der Waals surface area contributed by atoms with Crippen molar-refractivity contribution >= 4 is 7.32 Å². The van der Waals surface area contributed by atoms with Crippen molar-refractivity contribution in [2.45, 2.75) is 26.7 Å². The van der Waals surface area contributed by atoms with E-state index in [-0.39, 0.29) is 0 Å². The van der Waals surface area contributed by atoms with Gasteiger partial charge in [0.1, 0.15) is 0 Å². The normalized spacial score (nSPS) is 8.45. The topological polar surface area (TPSA) is 72.7 Å². The summed E-state index contributed by atoms with van der Waals surface area (Å²) < 4.78 is 0. The Labute approximate surface area is 68.4 Å². The molecule has 0 atom stereocenters. The summed E-state index contributed by atoms with van der Waals surface area (Å²) in [6.45, 7) is 6.72. The molecule has 0 aromatic heterocycles. The van der Waals surface area contributed by atoms with Gasteiger partial charge in [-0.1, -0.05) is 13.8 Å². The van der Waals surface area contributed by atoms with E-state index in [9.17, 15) is 0 Å². The van der Waals surface area contributed by atoms with Gasteiger partial charge in [-0.25, -0.2) is 0 Å². The van der Waals surface area contributed by atoms with Gasteiger partial charge in [-0.2, -0.15) is 0 Å². The molecule has 0 aliphatic heterocycles. The van der Waals surface area contributed by atoms with Crippen molar-refractivity contribution in [2.24, 2.45) is 0 Å².